The Balaban J connectivity index is 2.12. The zero-order valence-corrected chi connectivity index (χ0v) is 12.0. The molecule has 0 amide bonds. The van der Waals surface area contributed by atoms with Crippen molar-refractivity contribution in [2.24, 2.45) is 5.11 Å². The van der Waals surface area contributed by atoms with Crippen LogP contribution in [0.1, 0.15) is 6.92 Å². The standard InChI is InChI=1S/C13H10N10/c1-8(3-14)20-10-2-12(17-6-11(10)21-22-15)23-13-9(5-19-23)4-16-7-18-13/h2,4-8H,1H3,(H,17,20)/t8-/m1/s1. The number of rotatable bonds is 4. The van der Waals surface area contributed by atoms with Gasteiger partial charge in [0.1, 0.15) is 12.4 Å². The first-order valence-corrected chi connectivity index (χ1v) is 6.58. The number of hydrogen-bond donors (Lipinski definition) is 1. The molecular weight excluding hydrogens is 296 g/mol. The van der Waals surface area contributed by atoms with Gasteiger partial charge in [-0.3, -0.25) is 0 Å². The predicted octanol–water partition coefficient (Wildman–Crippen LogP) is 2.48. The molecule has 0 saturated heterocycles. The summed E-state index contributed by atoms with van der Waals surface area (Å²) in [7, 11) is 0. The molecule has 0 bridgehead atoms. The first kappa shape index (κ1) is 14.2. The Morgan fingerprint density at radius 2 is 2.26 bits per heavy atom. The molecular formula is C13H10N10. The Kier molecular flexibility index (Phi) is 3.70. The zero-order valence-electron chi connectivity index (χ0n) is 12.0. The lowest BCUT2D eigenvalue weighted by Gasteiger charge is -2.12. The van der Waals surface area contributed by atoms with Gasteiger partial charge in [-0.25, -0.2) is 15.0 Å². The van der Waals surface area contributed by atoms with Gasteiger partial charge in [-0.15, -0.1) is 0 Å². The SMILES string of the molecule is C[C@H](C#N)Nc1cc(-n2ncc3cncnc32)ncc1N=[N+]=[N-]. The second-order valence-electron chi connectivity index (χ2n) is 4.60. The Hall–Kier alpha value is -3.70. The third kappa shape index (κ3) is 2.72. The number of nitriles is 1. The molecule has 0 aliphatic carbocycles. The molecule has 23 heavy (non-hydrogen) atoms. The van der Waals surface area contributed by atoms with Crippen LogP contribution in [0.15, 0.2) is 36.1 Å². The quantitative estimate of drug-likeness (QED) is 0.446. The van der Waals surface area contributed by atoms with Crippen LogP contribution in [0.4, 0.5) is 11.4 Å². The molecule has 10 nitrogen and oxygen atoms in total. The van der Waals surface area contributed by atoms with E-state index in [4.69, 9.17) is 10.8 Å². The van der Waals surface area contributed by atoms with E-state index in [1.54, 1.807) is 30.1 Å². The number of aromatic nitrogens is 5. The van der Waals surface area contributed by atoms with Crippen LogP contribution in [0.25, 0.3) is 27.3 Å². The fraction of sp³-hybridized carbons (Fsp3) is 0.154. The summed E-state index contributed by atoms with van der Waals surface area (Å²) >= 11 is 0. The van der Waals surface area contributed by atoms with Crippen LogP contribution in [0.3, 0.4) is 0 Å². The maximum Gasteiger partial charge on any atom is 0.167 e. The van der Waals surface area contributed by atoms with Crippen molar-refractivity contribution in [1.29, 1.82) is 5.26 Å². The van der Waals surface area contributed by atoms with E-state index in [1.807, 2.05) is 0 Å². The minimum atomic E-state index is -0.463. The van der Waals surface area contributed by atoms with Crippen molar-refractivity contribution in [3.63, 3.8) is 0 Å². The summed E-state index contributed by atoms with van der Waals surface area (Å²) in [5.41, 5.74) is 10.0. The summed E-state index contributed by atoms with van der Waals surface area (Å²) in [4.78, 5) is 15.1. The Morgan fingerprint density at radius 3 is 3.04 bits per heavy atom. The van der Waals surface area contributed by atoms with E-state index in [-0.39, 0.29) is 0 Å². The minimum absolute atomic E-state index is 0.296. The topological polar surface area (TPSA) is 141 Å². The van der Waals surface area contributed by atoms with Crippen LogP contribution in [0, 0.1) is 11.3 Å². The van der Waals surface area contributed by atoms with Crippen molar-refractivity contribution in [3.8, 4) is 11.9 Å². The zero-order chi connectivity index (χ0) is 16.2. The molecule has 1 atom stereocenters. The minimum Gasteiger partial charge on any atom is -0.370 e. The average Bonchev–Trinajstić information content (AvgIpc) is 3.00. The first-order chi connectivity index (χ1) is 11.2. The highest BCUT2D eigenvalue weighted by Gasteiger charge is 2.11. The third-order valence-corrected chi connectivity index (χ3v) is 3.04. The van der Waals surface area contributed by atoms with E-state index >= 15 is 0 Å². The fourth-order valence-electron chi connectivity index (χ4n) is 2.01. The van der Waals surface area contributed by atoms with Gasteiger partial charge in [0.25, 0.3) is 0 Å². The molecule has 0 radical (unpaired) electrons. The maximum atomic E-state index is 8.95. The number of nitrogens with zero attached hydrogens (tertiary/aromatic N) is 9. The fourth-order valence-corrected chi connectivity index (χ4v) is 2.01. The average molecular weight is 306 g/mol. The number of azide groups is 1. The summed E-state index contributed by atoms with van der Waals surface area (Å²) in [5.74, 6) is 0.475. The molecule has 0 aromatic carbocycles. The van der Waals surface area contributed by atoms with Gasteiger partial charge in [-0.1, -0.05) is 5.11 Å². The second-order valence-corrected chi connectivity index (χ2v) is 4.60. The van der Waals surface area contributed by atoms with E-state index in [9.17, 15) is 0 Å². The predicted molar refractivity (Wildman–Crippen MR) is 82.0 cm³/mol. The number of hydrogen-bond acceptors (Lipinski definition) is 7. The highest BCUT2D eigenvalue weighted by molar-refractivity contribution is 5.75. The van der Waals surface area contributed by atoms with Gasteiger partial charge in [-0.05, 0) is 12.5 Å². The molecule has 10 heteroatoms. The summed E-state index contributed by atoms with van der Waals surface area (Å²) < 4.78 is 1.54. The number of pyridine rings is 1. The maximum absolute atomic E-state index is 8.95. The highest BCUT2D eigenvalue weighted by Crippen LogP contribution is 2.27. The van der Waals surface area contributed by atoms with Crippen LogP contribution in [0.5, 0.6) is 0 Å². The van der Waals surface area contributed by atoms with Gasteiger partial charge in [0, 0.05) is 23.4 Å². The molecule has 0 saturated carbocycles. The molecule has 0 fully saturated rings. The molecule has 1 N–H and O–H groups in total. The summed E-state index contributed by atoms with van der Waals surface area (Å²) in [6, 6.07) is 3.24. The van der Waals surface area contributed by atoms with E-state index < -0.39 is 6.04 Å². The smallest absolute Gasteiger partial charge is 0.167 e. The monoisotopic (exact) mass is 306 g/mol. The van der Waals surface area contributed by atoms with Crippen molar-refractivity contribution in [2.45, 2.75) is 13.0 Å². The Bertz CT molecular complexity index is 947. The van der Waals surface area contributed by atoms with E-state index in [2.05, 4.69) is 41.5 Å². The van der Waals surface area contributed by atoms with Crippen LogP contribution >= 0.6 is 0 Å². The van der Waals surface area contributed by atoms with E-state index in [0.29, 0.717) is 22.8 Å². The van der Waals surface area contributed by atoms with Gasteiger partial charge in [0.15, 0.2) is 11.5 Å². The van der Waals surface area contributed by atoms with Crippen LogP contribution in [-0.2, 0) is 0 Å². The first-order valence-electron chi connectivity index (χ1n) is 6.58. The highest BCUT2D eigenvalue weighted by atomic mass is 15.3. The number of nitrogens with one attached hydrogen (secondary N) is 1. The lowest BCUT2D eigenvalue weighted by Crippen LogP contribution is -2.13. The van der Waals surface area contributed by atoms with Gasteiger partial charge >= 0.3 is 0 Å². The van der Waals surface area contributed by atoms with Crippen LogP contribution in [-0.4, -0.2) is 30.8 Å². The van der Waals surface area contributed by atoms with Crippen molar-refractivity contribution >= 4 is 22.4 Å². The normalized spacial score (nSPS) is 11.5. The second kappa shape index (κ2) is 5.97. The number of anilines is 1. The molecule has 0 aliphatic heterocycles. The molecule has 112 valence electrons. The Labute approximate surface area is 130 Å². The van der Waals surface area contributed by atoms with Crippen LogP contribution in [0.2, 0.25) is 0 Å². The molecule has 3 aromatic heterocycles. The molecule has 3 aromatic rings. The Morgan fingerprint density at radius 1 is 1.39 bits per heavy atom. The van der Waals surface area contributed by atoms with Crippen molar-refractivity contribution in [1.82, 2.24) is 24.7 Å². The summed E-state index contributed by atoms with van der Waals surface area (Å²) in [6.07, 6.45) is 6.11. The lowest BCUT2D eigenvalue weighted by atomic mass is 10.3. The van der Waals surface area contributed by atoms with E-state index in [1.165, 1.54) is 12.5 Å². The molecule has 3 heterocycles. The molecule has 0 unspecified atom stereocenters. The molecule has 0 spiro atoms. The largest absolute Gasteiger partial charge is 0.370 e. The van der Waals surface area contributed by atoms with Gasteiger partial charge in [0.05, 0.1) is 29.0 Å². The third-order valence-electron chi connectivity index (χ3n) is 3.04. The van der Waals surface area contributed by atoms with Crippen LogP contribution < -0.4 is 5.32 Å². The van der Waals surface area contributed by atoms with E-state index in [0.717, 1.165) is 5.39 Å². The van der Waals surface area contributed by atoms with Gasteiger partial charge < -0.3 is 5.32 Å². The summed E-state index contributed by atoms with van der Waals surface area (Å²) in [5, 5.41) is 20.5. The van der Waals surface area contributed by atoms with Gasteiger partial charge in [-0.2, -0.15) is 15.0 Å². The van der Waals surface area contributed by atoms with Crippen molar-refractivity contribution in [3.05, 3.63) is 41.4 Å². The lowest BCUT2D eigenvalue weighted by molar-refractivity contribution is 0.860. The summed E-state index contributed by atoms with van der Waals surface area (Å²) in [6.45, 7) is 1.69. The number of fused-ring (bicyclic) bond motifs is 1. The molecule has 3 rings (SSSR count). The molecule has 0 aliphatic rings. The van der Waals surface area contributed by atoms with Crippen molar-refractivity contribution < 1.29 is 0 Å². The van der Waals surface area contributed by atoms with Crippen molar-refractivity contribution in [2.75, 3.05) is 5.32 Å². The van der Waals surface area contributed by atoms with Gasteiger partial charge in [0.2, 0.25) is 0 Å².